The normalized spacial score (nSPS) is 10.7. The van der Waals surface area contributed by atoms with Crippen molar-refractivity contribution in [3.8, 4) is 11.7 Å². The van der Waals surface area contributed by atoms with E-state index in [9.17, 15) is 9.59 Å². The first kappa shape index (κ1) is 17.9. The highest BCUT2D eigenvalue weighted by Crippen LogP contribution is 2.18. The van der Waals surface area contributed by atoms with Gasteiger partial charge in [0.2, 0.25) is 0 Å². The minimum absolute atomic E-state index is 0.0116. The summed E-state index contributed by atoms with van der Waals surface area (Å²) in [4.78, 5) is 25.0. The molecule has 0 aliphatic heterocycles. The molecule has 0 N–H and O–H groups in total. The first-order valence-corrected chi connectivity index (χ1v) is 9.07. The van der Waals surface area contributed by atoms with Crippen LogP contribution in [0.25, 0.3) is 11.7 Å². The number of hydrogen-bond acceptors (Lipinski definition) is 8. The van der Waals surface area contributed by atoms with Crippen LogP contribution in [0, 0.1) is 0 Å². The highest BCUT2D eigenvalue weighted by molar-refractivity contribution is 7.98. The number of Topliss-reactive ketones (excluding diaryl/α,β-unsaturated/α-hetero) is 1. The van der Waals surface area contributed by atoms with Crippen molar-refractivity contribution in [2.45, 2.75) is 24.3 Å². The third-order valence-electron chi connectivity index (χ3n) is 3.52. The molecule has 7 nitrogen and oxygen atoms in total. The van der Waals surface area contributed by atoms with E-state index >= 15 is 0 Å². The molecule has 0 spiro atoms. The van der Waals surface area contributed by atoms with Crippen molar-refractivity contribution >= 4 is 23.5 Å². The van der Waals surface area contributed by atoms with Crippen LogP contribution in [0.1, 0.15) is 29.1 Å². The molecule has 0 unspecified atom stereocenters. The molecule has 2 aromatic heterocycles. The second-order valence-corrected chi connectivity index (χ2v) is 6.17. The van der Waals surface area contributed by atoms with Crippen LogP contribution in [-0.4, -0.2) is 28.2 Å². The van der Waals surface area contributed by atoms with Crippen LogP contribution in [0.4, 0.5) is 0 Å². The molecule has 0 fully saturated rings. The molecule has 8 heteroatoms. The average molecular weight is 372 g/mol. The number of ether oxygens (including phenoxy) is 1. The molecule has 0 saturated heterocycles. The van der Waals surface area contributed by atoms with Crippen LogP contribution in [0.3, 0.4) is 0 Å². The molecule has 0 atom stereocenters. The summed E-state index contributed by atoms with van der Waals surface area (Å²) in [5.41, 5.74) is 0.579. The first-order chi connectivity index (χ1) is 12.7. The third kappa shape index (κ3) is 4.60. The van der Waals surface area contributed by atoms with Gasteiger partial charge in [-0.1, -0.05) is 12.1 Å². The molecule has 0 amide bonds. The summed E-state index contributed by atoms with van der Waals surface area (Å²) in [5.74, 6) is 0.200. The van der Waals surface area contributed by atoms with Crippen molar-refractivity contribution < 1.29 is 23.2 Å². The van der Waals surface area contributed by atoms with E-state index in [0.717, 1.165) is 4.90 Å². The molecule has 134 valence electrons. The van der Waals surface area contributed by atoms with E-state index in [1.54, 1.807) is 36.0 Å². The smallest absolute Gasteiger partial charge is 0.306 e. The second-order valence-electron chi connectivity index (χ2n) is 5.29. The zero-order chi connectivity index (χ0) is 18.4. The van der Waals surface area contributed by atoms with Gasteiger partial charge in [0.15, 0.2) is 18.2 Å². The molecule has 0 bridgehead atoms. The molecular weight excluding hydrogens is 356 g/mol. The number of rotatable bonds is 8. The maximum atomic E-state index is 12.1. The molecule has 0 aliphatic rings. The quantitative estimate of drug-likeness (QED) is 0.335. The zero-order valence-electron chi connectivity index (χ0n) is 14.0. The zero-order valence-corrected chi connectivity index (χ0v) is 14.8. The number of hydrogen-bond donors (Lipinski definition) is 0. The van der Waals surface area contributed by atoms with Gasteiger partial charge in [-0.15, -0.1) is 22.0 Å². The minimum atomic E-state index is -0.503. The fourth-order valence-corrected chi connectivity index (χ4v) is 2.57. The van der Waals surface area contributed by atoms with Gasteiger partial charge in [-0.05, 0) is 30.5 Å². The van der Waals surface area contributed by atoms with Crippen molar-refractivity contribution in [3.63, 3.8) is 0 Å². The summed E-state index contributed by atoms with van der Waals surface area (Å²) in [5, 5.41) is 7.59. The van der Waals surface area contributed by atoms with E-state index in [2.05, 4.69) is 10.2 Å². The number of thioether (sulfide) groups is 1. The lowest BCUT2D eigenvalue weighted by atomic mass is 10.1. The molecular formula is C18H16N2O5S. The van der Waals surface area contributed by atoms with E-state index in [-0.39, 0.29) is 37.0 Å². The fraction of sp³-hybridized carbons (Fsp3) is 0.222. The highest BCUT2D eigenvalue weighted by Gasteiger charge is 2.14. The lowest BCUT2D eigenvalue weighted by Crippen LogP contribution is -2.08. The van der Waals surface area contributed by atoms with Crippen LogP contribution in [0.5, 0.6) is 0 Å². The number of ketones is 1. The van der Waals surface area contributed by atoms with Crippen LogP contribution in [-0.2, 0) is 16.1 Å². The standard InChI is InChI=1S/C18H16N2O5S/c1-26-13-6-4-12(5-7-13)14(21)8-9-17(22)24-11-16-19-20-18(25-16)15-3-2-10-23-15/h2-7,10H,8-9,11H2,1H3. The lowest BCUT2D eigenvalue weighted by molar-refractivity contribution is -0.145. The molecule has 1 aromatic carbocycles. The van der Waals surface area contributed by atoms with Gasteiger partial charge in [0.25, 0.3) is 11.8 Å². The summed E-state index contributed by atoms with van der Waals surface area (Å²) in [6.07, 6.45) is 3.53. The van der Waals surface area contributed by atoms with Crippen LogP contribution in [0.2, 0.25) is 0 Å². The summed E-state index contributed by atoms with van der Waals surface area (Å²) in [6.45, 7) is -0.150. The molecule has 0 saturated carbocycles. The number of esters is 1. The van der Waals surface area contributed by atoms with E-state index < -0.39 is 5.97 Å². The Morgan fingerprint density at radius 1 is 1.12 bits per heavy atom. The van der Waals surface area contributed by atoms with Gasteiger partial charge >= 0.3 is 5.97 Å². The van der Waals surface area contributed by atoms with Gasteiger partial charge in [0.1, 0.15) is 0 Å². The number of carbonyl (C=O) groups excluding carboxylic acids is 2. The summed E-state index contributed by atoms with van der Waals surface area (Å²) >= 11 is 1.60. The second kappa shape index (κ2) is 8.48. The van der Waals surface area contributed by atoms with Crippen molar-refractivity contribution in [2.75, 3.05) is 6.26 Å². The molecule has 3 aromatic rings. The van der Waals surface area contributed by atoms with Crippen LogP contribution < -0.4 is 0 Å². The molecule has 3 rings (SSSR count). The Bertz CT molecular complexity index is 871. The third-order valence-corrected chi connectivity index (χ3v) is 4.27. The van der Waals surface area contributed by atoms with Gasteiger partial charge in [-0.2, -0.15) is 0 Å². The Balaban J connectivity index is 1.44. The van der Waals surface area contributed by atoms with Crippen molar-refractivity contribution in [1.29, 1.82) is 0 Å². The molecule has 0 aliphatic carbocycles. The fourth-order valence-electron chi connectivity index (χ4n) is 2.16. The number of benzene rings is 1. The van der Waals surface area contributed by atoms with Crippen molar-refractivity contribution in [2.24, 2.45) is 0 Å². The average Bonchev–Trinajstić information content (AvgIpc) is 3.36. The summed E-state index contributed by atoms with van der Waals surface area (Å²) in [7, 11) is 0. The van der Waals surface area contributed by atoms with Gasteiger partial charge < -0.3 is 13.6 Å². The topological polar surface area (TPSA) is 95.4 Å². The van der Waals surface area contributed by atoms with Crippen LogP contribution in [0.15, 0.2) is 56.4 Å². The number of carbonyl (C=O) groups is 2. The number of aromatic nitrogens is 2. The first-order valence-electron chi connectivity index (χ1n) is 7.85. The van der Waals surface area contributed by atoms with E-state index in [4.69, 9.17) is 13.6 Å². The minimum Gasteiger partial charge on any atom is -0.459 e. The van der Waals surface area contributed by atoms with Crippen molar-refractivity contribution in [3.05, 3.63) is 54.1 Å². The predicted octanol–water partition coefficient (Wildman–Crippen LogP) is 3.76. The lowest BCUT2D eigenvalue weighted by Gasteiger charge is -2.03. The molecule has 26 heavy (non-hydrogen) atoms. The predicted molar refractivity (Wildman–Crippen MR) is 93.6 cm³/mol. The van der Waals surface area contributed by atoms with E-state index in [1.165, 1.54) is 6.26 Å². The maximum absolute atomic E-state index is 12.1. The van der Waals surface area contributed by atoms with E-state index in [1.807, 2.05) is 18.4 Å². The Hall–Kier alpha value is -2.87. The van der Waals surface area contributed by atoms with Gasteiger partial charge in [0, 0.05) is 16.9 Å². The largest absolute Gasteiger partial charge is 0.459 e. The van der Waals surface area contributed by atoms with E-state index in [0.29, 0.717) is 11.3 Å². The Labute approximate surface area is 153 Å². The Morgan fingerprint density at radius 2 is 1.92 bits per heavy atom. The highest BCUT2D eigenvalue weighted by atomic mass is 32.2. The Kier molecular flexibility index (Phi) is 5.85. The molecule has 0 radical (unpaired) electrons. The van der Waals surface area contributed by atoms with Gasteiger partial charge in [-0.25, -0.2) is 0 Å². The summed E-state index contributed by atoms with van der Waals surface area (Å²) in [6, 6.07) is 10.7. The number of nitrogens with zero attached hydrogens (tertiary/aromatic N) is 2. The Morgan fingerprint density at radius 3 is 2.62 bits per heavy atom. The van der Waals surface area contributed by atoms with Gasteiger partial charge in [-0.3, -0.25) is 9.59 Å². The summed E-state index contributed by atoms with van der Waals surface area (Å²) < 4.78 is 15.5. The van der Waals surface area contributed by atoms with Crippen molar-refractivity contribution in [1.82, 2.24) is 10.2 Å². The maximum Gasteiger partial charge on any atom is 0.306 e. The van der Waals surface area contributed by atoms with Crippen LogP contribution >= 0.6 is 11.8 Å². The van der Waals surface area contributed by atoms with Gasteiger partial charge in [0.05, 0.1) is 12.7 Å². The monoisotopic (exact) mass is 372 g/mol. The molecule has 2 heterocycles. The number of furan rings is 1. The SMILES string of the molecule is CSc1ccc(C(=O)CCC(=O)OCc2nnc(-c3ccco3)o2)cc1.